The number of carbonyl (C=O) groups excluding carboxylic acids is 1. The summed E-state index contributed by atoms with van der Waals surface area (Å²) in [6.45, 7) is 4.00. The van der Waals surface area contributed by atoms with Gasteiger partial charge in [0, 0.05) is 7.05 Å². The number of hydrogen-bond acceptors (Lipinski definition) is 4. The second kappa shape index (κ2) is 5.02. The lowest BCUT2D eigenvalue weighted by Crippen LogP contribution is -1.91. The first-order valence-electron chi connectivity index (χ1n) is 3.78. The highest BCUT2D eigenvalue weighted by molar-refractivity contribution is 5.77. The molecule has 0 unspecified atom stereocenters. The largest absolute Gasteiger partial charge is 0.317 e. The van der Waals surface area contributed by atoms with E-state index in [0.717, 1.165) is 0 Å². The number of hydrogen-bond donors (Lipinski definition) is 0. The Balaban J connectivity index is 0.000000671. The highest BCUT2D eigenvalue weighted by Gasteiger charge is 2.16. The van der Waals surface area contributed by atoms with E-state index in [1.54, 1.807) is 0 Å². The molecule has 0 aliphatic carbocycles. The fourth-order valence-corrected chi connectivity index (χ4v) is 0.718. The number of rotatable bonds is 2. The van der Waals surface area contributed by atoms with Crippen LogP contribution in [0.25, 0.3) is 0 Å². The van der Waals surface area contributed by atoms with Gasteiger partial charge in [-0.15, -0.1) is 0 Å². The molecule has 0 amide bonds. The van der Waals surface area contributed by atoms with Crippen molar-refractivity contribution in [3.63, 3.8) is 0 Å². The third-order valence-corrected chi connectivity index (χ3v) is 1.15. The molecule has 0 aliphatic rings. The second-order valence-electron chi connectivity index (χ2n) is 1.95. The SMILES string of the molecule is CC.Cn1cc([N+](=O)[O-])c(C=O)n1. The number of aldehydes is 1. The average molecular weight is 185 g/mol. The fraction of sp³-hybridized carbons (Fsp3) is 0.429. The van der Waals surface area contributed by atoms with E-state index in [-0.39, 0.29) is 11.4 Å². The maximum Gasteiger partial charge on any atom is 0.317 e. The summed E-state index contributed by atoms with van der Waals surface area (Å²) in [5, 5.41) is 13.7. The predicted octanol–water partition coefficient (Wildman–Crippen LogP) is 1.17. The molecule has 0 spiro atoms. The maximum atomic E-state index is 10.2. The van der Waals surface area contributed by atoms with Crippen molar-refractivity contribution in [3.05, 3.63) is 22.0 Å². The minimum Gasteiger partial charge on any atom is -0.296 e. The van der Waals surface area contributed by atoms with Gasteiger partial charge in [-0.3, -0.25) is 19.6 Å². The first-order valence-corrected chi connectivity index (χ1v) is 3.78. The third-order valence-electron chi connectivity index (χ3n) is 1.15. The number of nitro groups is 1. The van der Waals surface area contributed by atoms with E-state index < -0.39 is 4.92 Å². The van der Waals surface area contributed by atoms with Gasteiger partial charge in [0.1, 0.15) is 6.20 Å². The van der Waals surface area contributed by atoms with E-state index in [4.69, 9.17) is 0 Å². The van der Waals surface area contributed by atoms with Gasteiger partial charge in [0.05, 0.1) is 4.92 Å². The highest BCUT2D eigenvalue weighted by Crippen LogP contribution is 2.12. The quantitative estimate of drug-likeness (QED) is 0.393. The normalized spacial score (nSPS) is 8.54. The topological polar surface area (TPSA) is 78.0 Å². The van der Waals surface area contributed by atoms with Gasteiger partial charge in [-0.25, -0.2) is 0 Å². The van der Waals surface area contributed by atoms with Crippen molar-refractivity contribution in [2.24, 2.45) is 7.05 Å². The van der Waals surface area contributed by atoms with E-state index in [1.165, 1.54) is 17.9 Å². The van der Waals surface area contributed by atoms with Crippen LogP contribution in [0.4, 0.5) is 5.69 Å². The molecule has 72 valence electrons. The summed E-state index contributed by atoms with van der Waals surface area (Å²) < 4.78 is 1.22. The summed E-state index contributed by atoms with van der Waals surface area (Å²) in [7, 11) is 1.51. The van der Waals surface area contributed by atoms with Crippen LogP contribution in [0, 0.1) is 10.1 Å². The molecule has 0 aromatic carbocycles. The number of aromatic nitrogens is 2. The molecule has 0 N–H and O–H groups in total. The Labute approximate surface area is 75.3 Å². The Bertz CT molecular complexity index is 306. The maximum absolute atomic E-state index is 10.2. The lowest BCUT2D eigenvalue weighted by atomic mass is 10.4. The zero-order valence-electron chi connectivity index (χ0n) is 7.72. The minimum atomic E-state index is -0.642. The molecule has 1 rings (SSSR count). The van der Waals surface area contributed by atoms with Gasteiger partial charge in [-0.05, 0) is 0 Å². The average Bonchev–Trinajstić information content (AvgIpc) is 2.50. The molecule has 0 saturated heterocycles. The van der Waals surface area contributed by atoms with Crippen molar-refractivity contribution >= 4 is 12.0 Å². The van der Waals surface area contributed by atoms with Crippen molar-refractivity contribution in [1.82, 2.24) is 9.78 Å². The Hall–Kier alpha value is -1.72. The third kappa shape index (κ3) is 2.66. The molecule has 1 heterocycles. The van der Waals surface area contributed by atoms with Crippen molar-refractivity contribution in [2.45, 2.75) is 13.8 Å². The standard InChI is InChI=1S/C5H5N3O3.C2H6/c1-7-2-5(8(10)11)4(3-9)6-7;1-2/h2-3H,1H3;1-2H3. The van der Waals surface area contributed by atoms with Crippen LogP contribution in [0.2, 0.25) is 0 Å². The molecule has 13 heavy (non-hydrogen) atoms. The van der Waals surface area contributed by atoms with Gasteiger partial charge in [0.2, 0.25) is 5.69 Å². The summed E-state index contributed by atoms with van der Waals surface area (Å²) in [5.74, 6) is 0. The minimum absolute atomic E-state index is 0.141. The molecule has 0 atom stereocenters. The zero-order chi connectivity index (χ0) is 10.4. The van der Waals surface area contributed by atoms with Gasteiger partial charge in [-0.2, -0.15) is 5.10 Å². The zero-order valence-corrected chi connectivity index (χ0v) is 7.72. The molecular formula is C7H11N3O3. The van der Waals surface area contributed by atoms with Crippen LogP contribution in [0.1, 0.15) is 24.3 Å². The van der Waals surface area contributed by atoms with E-state index in [0.29, 0.717) is 6.29 Å². The monoisotopic (exact) mass is 185 g/mol. The summed E-state index contributed by atoms with van der Waals surface area (Å²) in [6.07, 6.45) is 1.54. The summed E-state index contributed by atoms with van der Waals surface area (Å²) >= 11 is 0. The summed E-state index contributed by atoms with van der Waals surface area (Å²) in [4.78, 5) is 19.7. The van der Waals surface area contributed by atoms with Gasteiger partial charge in [0.25, 0.3) is 0 Å². The Morgan fingerprint density at radius 2 is 2.15 bits per heavy atom. The van der Waals surface area contributed by atoms with E-state index >= 15 is 0 Å². The molecule has 1 aromatic rings. The highest BCUT2D eigenvalue weighted by atomic mass is 16.6. The Kier molecular flexibility index (Phi) is 4.36. The lowest BCUT2D eigenvalue weighted by molar-refractivity contribution is -0.385. The molecule has 6 nitrogen and oxygen atoms in total. The smallest absolute Gasteiger partial charge is 0.296 e. The van der Waals surface area contributed by atoms with Crippen molar-refractivity contribution in [2.75, 3.05) is 0 Å². The van der Waals surface area contributed by atoms with Crippen LogP contribution in [-0.2, 0) is 7.05 Å². The van der Waals surface area contributed by atoms with Gasteiger partial charge in [-0.1, -0.05) is 13.8 Å². The molecule has 0 aliphatic heterocycles. The summed E-state index contributed by atoms with van der Waals surface area (Å²) in [5.41, 5.74) is -0.403. The predicted molar refractivity (Wildman–Crippen MR) is 46.6 cm³/mol. The van der Waals surface area contributed by atoms with Crippen molar-refractivity contribution < 1.29 is 9.72 Å². The molecule has 0 fully saturated rings. The fourth-order valence-electron chi connectivity index (χ4n) is 0.718. The van der Waals surface area contributed by atoms with Gasteiger partial charge in [0.15, 0.2) is 6.29 Å². The van der Waals surface area contributed by atoms with Crippen molar-refractivity contribution in [1.29, 1.82) is 0 Å². The molecule has 0 bridgehead atoms. The number of nitrogens with zero attached hydrogens (tertiary/aromatic N) is 3. The van der Waals surface area contributed by atoms with Crippen LogP contribution in [0.5, 0.6) is 0 Å². The van der Waals surface area contributed by atoms with Crippen LogP contribution < -0.4 is 0 Å². The molecular weight excluding hydrogens is 174 g/mol. The van der Waals surface area contributed by atoms with Gasteiger partial charge < -0.3 is 0 Å². The lowest BCUT2D eigenvalue weighted by Gasteiger charge is -1.81. The van der Waals surface area contributed by atoms with E-state index in [9.17, 15) is 14.9 Å². The second-order valence-corrected chi connectivity index (χ2v) is 1.95. The molecule has 1 aromatic heterocycles. The number of carbonyl (C=O) groups is 1. The first-order chi connectivity index (χ1) is 6.15. The molecule has 6 heteroatoms. The van der Waals surface area contributed by atoms with Gasteiger partial charge >= 0.3 is 5.69 Å². The Morgan fingerprint density at radius 3 is 2.46 bits per heavy atom. The van der Waals surface area contributed by atoms with E-state index in [2.05, 4.69) is 5.10 Å². The van der Waals surface area contributed by atoms with Crippen LogP contribution in [0.3, 0.4) is 0 Å². The van der Waals surface area contributed by atoms with E-state index in [1.807, 2.05) is 13.8 Å². The van der Waals surface area contributed by atoms with Crippen LogP contribution >= 0.6 is 0 Å². The molecule has 0 saturated carbocycles. The Morgan fingerprint density at radius 1 is 1.62 bits per heavy atom. The van der Waals surface area contributed by atoms with Crippen LogP contribution in [0.15, 0.2) is 6.20 Å². The van der Waals surface area contributed by atoms with Crippen LogP contribution in [-0.4, -0.2) is 21.0 Å². The number of aryl methyl sites for hydroxylation is 1. The first kappa shape index (κ1) is 11.3. The summed E-state index contributed by atoms with van der Waals surface area (Å²) in [6, 6.07) is 0. The molecule has 0 radical (unpaired) electrons. The van der Waals surface area contributed by atoms with Crippen molar-refractivity contribution in [3.8, 4) is 0 Å².